The quantitative estimate of drug-likeness (QED) is 0.506. The molecule has 0 aliphatic carbocycles. The second-order valence-corrected chi connectivity index (χ2v) is 2.39. The molecule has 0 aromatic heterocycles. The van der Waals surface area contributed by atoms with Crippen molar-refractivity contribution >= 4 is 0 Å². The lowest BCUT2D eigenvalue weighted by molar-refractivity contribution is 0.493. The highest BCUT2D eigenvalue weighted by molar-refractivity contribution is 5.42. The summed E-state index contributed by atoms with van der Waals surface area (Å²) < 4.78 is 0. The third-order valence-corrected chi connectivity index (χ3v) is 1.38. The molecule has 0 amide bonds. The molecular formula is C8H7N3. The lowest BCUT2D eigenvalue weighted by atomic mass is 10.1. The minimum absolute atomic E-state index is 0.537. The zero-order valence-electron chi connectivity index (χ0n) is 6.20. The molecule has 0 saturated heterocycles. The Morgan fingerprint density at radius 1 is 1.45 bits per heavy atom. The summed E-state index contributed by atoms with van der Waals surface area (Å²) in [6.07, 6.45) is 3.33. The number of likely N-dealkylation sites (N-methyl/N-ethyl adjacent to an activating group) is 1. The molecule has 1 aliphatic rings. The molecule has 1 heterocycles. The molecule has 54 valence electrons. The highest BCUT2D eigenvalue weighted by Crippen LogP contribution is 2.10. The first kappa shape index (κ1) is 7.37. The molecule has 0 saturated carbocycles. The average molecular weight is 145 g/mol. The predicted molar refractivity (Wildman–Crippen MR) is 40.0 cm³/mol. The number of nitriles is 2. The van der Waals surface area contributed by atoms with E-state index in [1.54, 1.807) is 12.3 Å². The van der Waals surface area contributed by atoms with E-state index in [9.17, 15) is 0 Å². The van der Waals surface area contributed by atoms with Gasteiger partial charge in [-0.2, -0.15) is 10.5 Å². The van der Waals surface area contributed by atoms with E-state index in [4.69, 9.17) is 10.5 Å². The van der Waals surface area contributed by atoms with E-state index in [2.05, 4.69) is 0 Å². The van der Waals surface area contributed by atoms with Gasteiger partial charge in [-0.15, -0.1) is 0 Å². The first-order valence-corrected chi connectivity index (χ1v) is 3.19. The smallest absolute Gasteiger partial charge is 0.101 e. The van der Waals surface area contributed by atoms with Gasteiger partial charge in [0.1, 0.15) is 6.07 Å². The van der Waals surface area contributed by atoms with Crippen molar-refractivity contribution < 1.29 is 0 Å². The summed E-state index contributed by atoms with van der Waals surface area (Å²) in [5.41, 5.74) is 1.17. The van der Waals surface area contributed by atoms with Crippen LogP contribution in [0.4, 0.5) is 0 Å². The molecule has 3 heteroatoms. The molecule has 0 aromatic carbocycles. The van der Waals surface area contributed by atoms with Gasteiger partial charge in [0.05, 0.1) is 23.8 Å². The summed E-state index contributed by atoms with van der Waals surface area (Å²) in [5.74, 6) is 0. The zero-order chi connectivity index (χ0) is 8.27. The molecule has 0 atom stereocenters. The van der Waals surface area contributed by atoms with Crippen LogP contribution >= 0.6 is 0 Å². The van der Waals surface area contributed by atoms with Gasteiger partial charge in [-0.25, -0.2) is 0 Å². The van der Waals surface area contributed by atoms with Gasteiger partial charge >= 0.3 is 0 Å². The fourth-order valence-electron chi connectivity index (χ4n) is 0.951. The summed E-state index contributed by atoms with van der Waals surface area (Å²) in [6.45, 7) is 0.599. The van der Waals surface area contributed by atoms with Crippen LogP contribution in [0.1, 0.15) is 0 Å². The third kappa shape index (κ3) is 1.59. The number of allylic oxidation sites excluding steroid dienone is 2. The van der Waals surface area contributed by atoms with Crippen molar-refractivity contribution in [3.8, 4) is 12.1 Å². The Kier molecular flexibility index (Phi) is 1.94. The monoisotopic (exact) mass is 145 g/mol. The van der Waals surface area contributed by atoms with Crippen molar-refractivity contribution in [3.05, 3.63) is 23.4 Å². The maximum atomic E-state index is 8.54. The number of hydrogen-bond donors (Lipinski definition) is 0. The summed E-state index contributed by atoms with van der Waals surface area (Å²) in [7, 11) is 1.84. The first-order valence-electron chi connectivity index (χ1n) is 3.19. The van der Waals surface area contributed by atoms with Crippen molar-refractivity contribution in [3.63, 3.8) is 0 Å². The highest BCUT2D eigenvalue weighted by atomic mass is 15.1. The second kappa shape index (κ2) is 2.90. The van der Waals surface area contributed by atoms with Gasteiger partial charge in [0.25, 0.3) is 0 Å². The van der Waals surface area contributed by atoms with Crippen LogP contribution < -0.4 is 0 Å². The van der Waals surface area contributed by atoms with Crippen molar-refractivity contribution in [2.45, 2.75) is 0 Å². The lowest BCUT2D eigenvalue weighted by Gasteiger charge is -2.16. The summed E-state index contributed by atoms with van der Waals surface area (Å²) in [6, 6.07) is 4.02. The van der Waals surface area contributed by atoms with Gasteiger partial charge in [-0.05, 0) is 6.08 Å². The molecule has 3 nitrogen and oxygen atoms in total. The largest absolute Gasteiger partial charge is 0.374 e. The van der Waals surface area contributed by atoms with E-state index < -0.39 is 0 Å². The van der Waals surface area contributed by atoms with E-state index in [0.717, 1.165) is 0 Å². The number of nitrogens with zero attached hydrogens (tertiary/aromatic N) is 3. The summed E-state index contributed by atoms with van der Waals surface area (Å²) >= 11 is 0. The Bertz CT molecular complexity index is 298. The topological polar surface area (TPSA) is 50.8 Å². The Morgan fingerprint density at radius 2 is 2.18 bits per heavy atom. The van der Waals surface area contributed by atoms with Crippen LogP contribution in [-0.2, 0) is 0 Å². The zero-order valence-corrected chi connectivity index (χ0v) is 6.20. The first-order chi connectivity index (χ1) is 5.26. The van der Waals surface area contributed by atoms with Crippen LogP contribution in [0.5, 0.6) is 0 Å². The van der Waals surface area contributed by atoms with Gasteiger partial charge < -0.3 is 4.90 Å². The second-order valence-electron chi connectivity index (χ2n) is 2.39. The fraction of sp³-hybridized carbons (Fsp3) is 0.250. The van der Waals surface area contributed by atoms with Crippen molar-refractivity contribution in [1.29, 1.82) is 10.5 Å². The van der Waals surface area contributed by atoms with E-state index in [-0.39, 0.29) is 0 Å². The van der Waals surface area contributed by atoms with Gasteiger partial charge in [0.2, 0.25) is 0 Å². The summed E-state index contributed by atoms with van der Waals surface area (Å²) in [4.78, 5) is 1.82. The molecule has 0 fully saturated rings. The maximum absolute atomic E-state index is 8.54. The van der Waals surface area contributed by atoms with Crippen LogP contribution in [0.25, 0.3) is 0 Å². The van der Waals surface area contributed by atoms with Crippen molar-refractivity contribution in [2.24, 2.45) is 0 Å². The molecule has 0 spiro atoms. The predicted octanol–water partition coefficient (Wildman–Crippen LogP) is 0.789. The Balaban J connectivity index is 2.93. The van der Waals surface area contributed by atoms with Gasteiger partial charge in [0.15, 0.2) is 0 Å². The molecule has 0 aromatic rings. The van der Waals surface area contributed by atoms with Crippen LogP contribution in [0.2, 0.25) is 0 Å². The number of rotatable bonds is 0. The average Bonchev–Trinajstić information content (AvgIpc) is 2.03. The molecule has 0 bridgehead atoms. The normalized spacial score (nSPS) is 16.1. The van der Waals surface area contributed by atoms with E-state index in [0.29, 0.717) is 17.7 Å². The summed E-state index contributed by atoms with van der Waals surface area (Å²) in [5, 5.41) is 17.1. The van der Waals surface area contributed by atoms with Crippen LogP contribution in [-0.4, -0.2) is 18.5 Å². The van der Waals surface area contributed by atoms with Gasteiger partial charge in [-0.3, -0.25) is 0 Å². The van der Waals surface area contributed by atoms with Crippen LogP contribution in [0.15, 0.2) is 23.4 Å². The molecule has 1 aliphatic heterocycles. The fourth-order valence-corrected chi connectivity index (χ4v) is 0.951. The number of hydrogen-bond acceptors (Lipinski definition) is 3. The Morgan fingerprint density at radius 3 is 2.73 bits per heavy atom. The van der Waals surface area contributed by atoms with E-state index in [1.807, 2.05) is 24.1 Å². The molecule has 0 N–H and O–H groups in total. The Labute approximate surface area is 65.5 Å². The molecule has 1 rings (SSSR count). The van der Waals surface area contributed by atoms with Crippen LogP contribution in [0.3, 0.4) is 0 Å². The molecular weight excluding hydrogens is 138 g/mol. The van der Waals surface area contributed by atoms with Crippen molar-refractivity contribution in [1.82, 2.24) is 4.90 Å². The standard InChI is InChI=1S/C8H7N3/c1-11-5-7(3-9)2-8(4-10)6-11/h2,5H,6H2,1H3. The van der Waals surface area contributed by atoms with Gasteiger partial charge in [-0.1, -0.05) is 0 Å². The van der Waals surface area contributed by atoms with Gasteiger partial charge in [0, 0.05) is 13.2 Å². The van der Waals surface area contributed by atoms with Crippen LogP contribution in [0, 0.1) is 22.7 Å². The van der Waals surface area contributed by atoms with E-state index in [1.165, 1.54) is 0 Å². The minimum atomic E-state index is 0.537. The van der Waals surface area contributed by atoms with E-state index >= 15 is 0 Å². The lowest BCUT2D eigenvalue weighted by Crippen LogP contribution is -2.17. The molecule has 11 heavy (non-hydrogen) atoms. The SMILES string of the molecule is CN1C=C(C#N)C=C(C#N)C1. The van der Waals surface area contributed by atoms with Crippen molar-refractivity contribution in [2.75, 3.05) is 13.6 Å². The molecule has 0 unspecified atom stereocenters. The highest BCUT2D eigenvalue weighted by Gasteiger charge is 2.06. The maximum Gasteiger partial charge on any atom is 0.101 e. The third-order valence-electron chi connectivity index (χ3n) is 1.38. The minimum Gasteiger partial charge on any atom is -0.374 e. The molecule has 0 radical (unpaired) electrons. The Hall–Kier alpha value is -1.74.